The van der Waals surface area contributed by atoms with Crippen LogP contribution in [0.5, 0.6) is 0 Å². The minimum absolute atomic E-state index is 0.0691. The Morgan fingerprint density at radius 1 is 0.974 bits per heavy atom. The van der Waals surface area contributed by atoms with Crippen molar-refractivity contribution in [2.24, 2.45) is 5.92 Å². The summed E-state index contributed by atoms with van der Waals surface area (Å²) < 4.78 is 82.7. The van der Waals surface area contributed by atoms with Gasteiger partial charge in [-0.3, -0.25) is 15.0 Å². The topological polar surface area (TPSA) is 91.5 Å². The van der Waals surface area contributed by atoms with Crippen LogP contribution in [0.3, 0.4) is 0 Å². The number of benzene rings is 1. The van der Waals surface area contributed by atoms with Crippen LogP contribution in [0.1, 0.15) is 48.2 Å². The smallest absolute Gasteiger partial charge is 0.347 e. The maximum Gasteiger partial charge on any atom is 0.418 e. The highest BCUT2D eigenvalue weighted by Crippen LogP contribution is 2.43. The summed E-state index contributed by atoms with van der Waals surface area (Å²) in [6.07, 6.45) is -3.19. The van der Waals surface area contributed by atoms with E-state index < -0.39 is 35.0 Å². The van der Waals surface area contributed by atoms with Crippen molar-refractivity contribution in [2.75, 3.05) is 11.4 Å². The van der Waals surface area contributed by atoms with E-state index in [-0.39, 0.29) is 23.2 Å². The molecule has 1 atom stereocenters. The van der Waals surface area contributed by atoms with E-state index >= 15 is 0 Å². The van der Waals surface area contributed by atoms with E-state index in [0.717, 1.165) is 19.2 Å². The van der Waals surface area contributed by atoms with Gasteiger partial charge in [-0.25, -0.2) is 9.97 Å². The van der Waals surface area contributed by atoms with E-state index in [1.807, 2.05) is 6.07 Å². The average molecular weight is 543 g/mol. The lowest BCUT2D eigenvalue weighted by molar-refractivity contribution is -0.142. The van der Waals surface area contributed by atoms with Gasteiger partial charge in [0.15, 0.2) is 0 Å². The fourth-order valence-corrected chi connectivity index (χ4v) is 4.37. The molecule has 0 radical (unpaired) electrons. The number of nitrogens with zero attached hydrogens (tertiary/aromatic N) is 7. The summed E-state index contributed by atoms with van der Waals surface area (Å²) in [4.78, 5) is 22.7. The standard InChI is InChI=1S/C26H19F6N7/c1-14(21-23(35-7-6-34-21)20-5-4-16(10-33)11-36-20)39(12-15-2-3-15)24-18-8-17(25(27,28)29)9-19(26(30,31)32)22(18)37-13-38-24/h4-9,11,13-15H,2-3,12H2,1H3. The molecule has 5 rings (SSSR count). The summed E-state index contributed by atoms with van der Waals surface area (Å²) in [5.74, 6) is 0.110. The third-order valence-electron chi connectivity index (χ3n) is 6.50. The molecule has 0 N–H and O–H groups in total. The molecule has 39 heavy (non-hydrogen) atoms. The van der Waals surface area contributed by atoms with E-state index in [1.165, 1.54) is 18.6 Å². The van der Waals surface area contributed by atoms with E-state index in [1.54, 1.807) is 24.0 Å². The molecule has 0 amide bonds. The predicted octanol–water partition coefficient (Wildman–Crippen LogP) is 6.37. The summed E-state index contributed by atoms with van der Waals surface area (Å²) >= 11 is 0. The average Bonchev–Trinajstić information content (AvgIpc) is 3.74. The quantitative estimate of drug-likeness (QED) is 0.261. The second kappa shape index (κ2) is 9.76. The number of pyridine rings is 1. The normalized spacial score (nSPS) is 14.7. The fourth-order valence-electron chi connectivity index (χ4n) is 4.37. The van der Waals surface area contributed by atoms with Crippen molar-refractivity contribution in [3.05, 3.63) is 71.6 Å². The van der Waals surface area contributed by atoms with Crippen molar-refractivity contribution in [3.8, 4) is 17.5 Å². The Morgan fingerprint density at radius 2 is 1.72 bits per heavy atom. The van der Waals surface area contributed by atoms with Gasteiger partial charge in [0, 0.05) is 30.5 Å². The van der Waals surface area contributed by atoms with Crippen LogP contribution in [0.4, 0.5) is 32.2 Å². The van der Waals surface area contributed by atoms with E-state index in [0.29, 0.717) is 35.3 Å². The lowest BCUT2D eigenvalue weighted by Gasteiger charge is -2.32. The molecule has 3 aromatic heterocycles. The molecule has 1 aromatic carbocycles. The van der Waals surface area contributed by atoms with Gasteiger partial charge in [-0.15, -0.1) is 0 Å². The van der Waals surface area contributed by atoms with Crippen LogP contribution in [-0.4, -0.2) is 31.5 Å². The molecular weight excluding hydrogens is 524 g/mol. The Labute approximate surface area is 218 Å². The summed E-state index contributed by atoms with van der Waals surface area (Å²) in [5, 5.41) is 8.71. The van der Waals surface area contributed by atoms with Crippen LogP contribution in [0.2, 0.25) is 0 Å². The first kappa shape index (κ1) is 26.3. The van der Waals surface area contributed by atoms with Crippen molar-refractivity contribution >= 4 is 16.7 Å². The van der Waals surface area contributed by atoms with Gasteiger partial charge in [0.2, 0.25) is 0 Å². The molecule has 1 unspecified atom stereocenters. The highest BCUT2D eigenvalue weighted by Gasteiger charge is 2.40. The third kappa shape index (κ3) is 5.32. The number of aromatic nitrogens is 5. The second-order valence-corrected chi connectivity index (χ2v) is 9.22. The Bertz CT molecular complexity index is 1560. The molecule has 0 saturated heterocycles. The largest absolute Gasteiger partial charge is 0.418 e. The SMILES string of the molecule is CC(c1nccnc1-c1ccc(C#N)cn1)N(CC1CC1)c1ncnc2c(C(F)(F)F)cc(C(F)(F)F)cc12. The Kier molecular flexibility index (Phi) is 6.57. The van der Waals surface area contributed by atoms with Gasteiger partial charge in [0.25, 0.3) is 0 Å². The summed E-state index contributed by atoms with van der Waals surface area (Å²) in [6.45, 7) is 2.05. The first-order chi connectivity index (χ1) is 18.5. The number of halogens is 6. The van der Waals surface area contributed by atoms with Gasteiger partial charge in [0.1, 0.15) is 23.9 Å². The third-order valence-corrected chi connectivity index (χ3v) is 6.50. The van der Waals surface area contributed by atoms with Gasteiger partial charge in [-0.1, -0.05) is 0 Å². The Morgan fingerprint density at radius 3 is 2.33 bits per heavy atom. The molecule has 7 nitrogen and oxygen atoms in total. The lowest BCUT2D eigenvalue weighted by atomic mass is 10.0. The predicted molar refractivity (Wildman–Crippen MR) is 128 cm³/mol. The number of anilines is 1. The van der Waals surface area contributed by atoms with Crippen molar-refractivity contribution < 1.29 is 26.3 Å². The van der Waals surface area contributed by atoms with E-state index in [4.69, 9.17) is 5.26 Å². The zero-order valence-electron chi connectivity index (χ0n) is 20.3. The Balaban J connectivity index is 1.69. The summed E-state index contributed by atoms with van der Waals surface area (Å²) in [6, 6.07) is 5.19. The maximum atomic E-state index is 13.9. The number of alkyl halides is 6. The zero-order chi connectivity index (χ0) is 27.9. The summed E-state index contributed by atoms with van der Waals surface area (Å²) in [7, 11) is 0. The number of hydrogen-bond donors (Lipinski definition) is 0. The first-order valence-electron chi connectivity index (χ1n) is 11.8. The molecule has 200 valence electrons. The van der Waals surface area contributed by atoms with E-state index in [2.05, 4.69) is 24.9 Å². The molecule has 0 bridgehead atoms. The van der Waals surface area contributed by atoms with Crippen LogP contribution < -0.4 is 4.90 Å². The Hall–Kier alpha value is -4.34. The van der Waals surface area contributed by atoms with Gasteiger partial charge in [-0.2, -0.15) is 31.6 Å². The van der Waals surface area contributed by atoms with Crippen LogP contribution >= 0.6 is 0 Å². The number of nitriles is 1. The minimum Gasteiger partial charge on any atom is -0.347 e. The van der Waals surface area contributed by atoms with Gasteiger partial charge in [0.05, 0.1) is 39.6 Å². The molecule has 1 saturated carbocycles. The van der Waals surface area contributed by atoms with Gasteiger partial charge >= 0.3 is 12.4 Å². The number of rotatable bonds is 6. The first-order valence-corrected chi connectivity index (χ1v) is 11.8. The molecule has 4 aromatic rings. The monoisotopic (exact) mass is 543 g/mol. The molecule has 1 aliphatic rings. The van der Waals surface area contributed by atoms with Crippen LogP contribution in [0.15, 0.2) is 49.2 Å². The van der Waals surface area contributed by atoms with Crippen LogP contribution in [0.25, 0.3) is 22.3 Å². The molecule has 13 heteroatoms. The number of hydrogen-bond acceptors (Lipinski definition) is 7. The van der Waals surface area contributed by atoms with Gasteiger partial charge in [-0.05, 0) is 49.9 Å². The van der Waals surface area contributed by atoms with Crippen LogP contribution in [0, 0.1) is 17.2 Å². The molecule has 0 aliphatic heterocycles. The highest BCUT2D eigenvalue weighted by atomic mass is 19.4. The molecule has 3 heterocycles. The minimum atomic E-state index is -5.07. The van der Waals surface area contributed by atoms with Crippen molar-refractivity contribution in [3.63, 3.8) is 0 Å². The van der Waals surface area contributed by atoms with Crippen molar-refractivity contribution in [1.82, 2.24) is 24.9 Å². The fraction of sp³-hybridized carbons (Fsp3) is 0.308. The maximum absolute atomic E-state index is 13.9. The highest BCUT2D eigenvalue weighted by molar-refractivity contribution is 5.93. The van der Waals surface area contributed by atoms with E-state index in [9.17, 15) is 26.3 Å². The molecular formula is C26H19F6N7. The molecule has 1 aliphatic carbocycles. The number of fused-ring (bicyclic) bond motifs is 1. The van der Waals surface area contributed by atoms with Crippen molar-refractivity contribution in [2.45, 2.75) is 38.2 Å². The van der Waals surface area contributed by atoms with Crippen molar-refractivity contribution in [1.29, 1.82) is 5.26 Å². The summed E-state index contributed by atoms with van der Waals surface area (Å²) in [5.41, 5.74) is -2.06. The molecule has 0 spiro atoms. The van der Waals surface area contributed by atoms with Crippen LogP contribution in [-0.2, 0) is 12.4 Å². The second-order valence-electron chi connectivity index (χ2n) is 9.22. The molecule has 1 fully saturated rings. The lowest BCUT2D eigenvalue weighted by Crippen LogP contribution is -2.31. The van der Waals surface area contributed by atoms with Gasteiger partial charge < -0.3 is 4.90 Å². The zero-order valence-corrected chi connectivity index (χ0v) is 20.3.